The number of hydrogen-bond acceptors (Lipinski definition) is 27. The molecular formula is C59H100O27. The topological polar surface area (TPSA) is 436 Å². The van der Waals surface area contributed by atoms with Gasteiger partial charge in [0.2, 0.25) is 0 Å². The molecule has 27 heteroatoms. The minimum atomic E-state index is -1.89. The van der Waals surface area contributed by atoms with Crippen LogP contribution >= 0.6 is 0 Å². The van der Waals surface area contributed by atoms with E-state index in [1.807, 2.05) is 20.8 Å². The summed E-state index contributed by atoms with van der Waals surface area (Å²) in [6, 6.07) is 0. The van der Waals surface area contributed by atoms with Crippen molar-refractivity contribution in [1.29, 1.82) is 0 Å². The number of aliphatic hydroxyl groups excluding tert-OH is 17. The van der Waals surface area contributed by atoms with Crippen molar-refractivity contribution in [3.63, 3.8) is 0 Å². The molecule has 9 aliphatic rings. The molecule has 9 rings (SSSR count). The lowest BCUT2D eigenvalue weighted by atomic mass is 9.35. The van der Waals surface area contributed by atoms with Crippen LogP contribution in [0.2, 0.25) is 0 Å². The Kier molecular flexibility index (Phi) is 21.3. The second kappa shape index (κ2) is 26.6. The summed E-state index contributed by atoms with van der Waals surface area (Å²) >= 11 is 0. The molecule has 0 aromatic carbocycles. The first-order valence-electron chi connectivity index (χ1n) is 30.8. The highest BCUT2D eigenvalue weighted by Crippen LogP contribution is 2.76. The summed E-state index contributed by atoms with van der Waals surface area (Å²) in [6.45, 7) is 13.9. The van der Waals surface area contributed by atoms with Gasteiger partial charge in [-0.15, -0.1) is 0 Å². The molecule has 17 N–H and O–H groups in total. The fourth-order valence-electron chi connectivity index (χ4n) is 17.5. The van der Waals surface area contributed by atoms with Crippen LogP contribution in [0.5, 0.6) is 0 Å². The van der Waals surface area contributed by atoms with Gasteiger partial charge in [-0.3, -0.25) is 0 Å². The summed E-state index contributed by atoms with van der Waals surface area (Å²) in [6.07, 6.45) is -32.3. The van der Waals surface area contributed by atoms with Gasteiger partial charge in [0.1, 0.15) is 116 Å². The first kappa shape index (κ1) is 69.0. The molecular weight excluding hydrogens is 1140 g/mol. The predicted molar refractivity (Wildman–Crippen MR) is 293 cm³/mol. The van der Waals surface area contributed by atoms with Gasteiger partial charge in [0.25, 0.3) is 0 Å². The number of ether oxygens (including phenoxy) is 10. The number of fused-ring (bicyclic) bond motifs is 5. The van der Waals surface area contributed by atoms with Crippen LogP contribution in [0.3, 0.4) is 0 Å². The van der Waals surface area contributed by atoms with Crippen LogP contribution in [0.25, 0.3) is 0 Å². The molecule has 5 saturated heterocycles. The molecule has 4 aliphatic carbocycles. The van der Waals surface area contributed by atoms with Crippen molar-refractivity contribution in [2.24, 2.45) is 45.3 Å². The van der Waals surface area contributed by atoms with Gasteiger partial charge in [0.05, 0.1) is 50.8 Å². The molecule has 0 spiro atoms. The normalized spacial score (nSPS) is 52.8. The van der Waals surface area contributed by atoms with Gasteiger partial charge in [-0.05, 0) is 124 Å². The van der Waals surface area contributed by atoms with Crippen LogP contribution in [0.15, 0.2) is 11.6 Å². The van der Waals surface area contributed by atoms with E-state index in [9.17, 15) is 86.8 Å². The standard InChI is InChI=1S/C59H100O27/c1-24(2)10-9-14-59(8,86-53-48(76)42(70)40(68)31(82-53)23-78-51-46(74)43(71)45(73)50(85-51)77-22-30-39(67)36(64)27(19-60)79-30)25-11-16-58(7)35(25)26(63)18-33-56(5)15-13-34(55(3,4)32(56)12-17-57(33,58)6)83-54-49(44(72)38(66)29(21-62)81-54)84-52-47(75)41(69)37(65)28(20-61)80-52/h10,25-54,60-76H,9,11-23H2,1-8H3/t25-,26+,27-,28+,29+,30-,31+,32-,33+,34-,35-,36-,37+,38+,39-,40+,41-,42-,43-,44-,45-,46+,47+,48+,49+,50-,51+,52-,53-,54-,56-,57+,58+,59-/m0/s1. The van der Waals surface area contributed by atoms with Crippen molar-refractivity contribution in [2.45, 2.75) is 278 Å². The van der Waals surface area contributed by atoms with Crippen LogP contribution in [-0.4, -0.2) is 285 Å². The average Bonchev–Trinajstić information content (AvgIpc) is 1.23. The van der Waals surface area contributed by atoms with Crippen LogP contribution in [0.1, 0.15) is 113 Å². The molecule has 4 saturated carbocycles. The monoisotopic (exact) mass is 1240 g/mol. The van der Waals surface area contributed by atoms with E-state index < -0.39 is 209 Å². The van der Waals surface area contributed by atoms with Gasteiger partial charge in [-0.2, -0.15) is 0 Å². The zero-order valence-corrected chi connectivity index (χ0v) is 50.5. The summed E-state index contributed by atoms with van der Waals surface area (Å²) in [5.41, 5.74) is -1.80. The van der Waals surface area contributed by atoms with Gasteiger partial charge in [0.15, 0.2) is 31.5 Å². The molecule has 0 bridgehead atoms. The fraction of sp³-hybridized carbons (Fsp3) is 0.966. The first-order chi connectivity index (χ1) is 40.3. The summed E-state index contributed by atoms with van der Waals surface area (Å²) in [4.78, 5) is 0. The Bertz CT molecular complexity index is 2260. The van der Waals surface area contributed by atoms with Crippen molar-refractivity contribution < 1.29 is 134 Å². The fourth-order valence-corrected chi connectivity index (χ4v) is 17.5. The smallest absolute Gasteiger partial charge is 0.189 e. The van der Waals surface area contributed by atoms with Crippen molar-refractivity contribution in [1.82, 2.24) is 0 Å². The third kappa shape index (κ3) is 12.3. The summed E-state index contributed by atoms with van der Waals surface area (Å²) < 4.78 is 60.4. The highest BCUT2D eigenvalue weighted by Gasteiger charge is 2.72. The number of aliphatic hydroxyl groups is 17. The summed E-state index contributed by atoms with van der Waals surface area (Å²) in [5, 5.41) is 184. The van der Waals surface area contributed by atoms with E-state index in [0.29, 0.717) is 38.5 Å². The molecule has 27 nitrogen and oxygen atoms in total. The van der Waals surface area contributed by atoms with Crippen LogP contribution < -0.4 is 0 Å². The van der Waals surface area contributed by atoms with Gasteiger partial charge >= 0.3 is 0 Å². The third-order valence-corrected chi connectivity index (χ3v) is 22.6. The van der Waals surface area contributed by atoms with Gasteiger partial charge in [0, 0.05) is 0 Å². The highest BCUT2D eigenvalue weighted by molar-refractivity contribution is 5.21. The van der Waals surface area contributed by atoms with Crippen LogP contribution in [-0.2, 0) is 47.4 Å². The number of allylic oxidation sites excluding steroid dienone is 2. The maximum absolute atomic E-state index is 12.9. The van der Waals surface area contributed by atoms with Gasteiger partial charge in [-0.25, -0.2) is 0 Å². The van der Waals surface area contributed by atoms with E-state index in [0.717, 1.165) is 24.8 Å². The average molecular weight is 1240 g/mol. The van der Waals surface area contributed by atoms with E-state index in [1.165, 1.54) is 0 Å². The van der Waals surface area contributed by atoms with E-state index in [4.69, 9.17) is 47.4 Å². The maximum atomic E-state index is 12.9. The molecule has 0 aromatic heterocycles. The lowest BCUT2D eigenvalue weighted by Gasteiger charge is -2.71. The van der Waals surface area contributed by atoms with Crippen molar-refractivity contribution >= 4 is 0 Å². The Labute approximate surface area is 501 Å². The largest absolute Gasteiger partial charge is 0.394 e. The molecule has 498 valence electrons. The summed E-state index contributed by atoms with van der Waals surface area (Å²) in [7, 11) is 0. The number of hydrogen-bond donors (Lipinski definition) is 17. The lowest BCUT2D eigenvalue weighted by Crippen LogP contribution is -2.68. The van der Waals surface area contributed by atoms with Crippen LogP contribution in [0.4, 0.5) is 0 Å². The van der Waals surface area contributed by atoms with Crippen LogP contribution in [0, 0.1) is 45.3 Å². The zero-order chi connectivity index (χ0) is 63.1. The Morgan fingerprint density at radius 1 is 0.488 bits per heavy atom. The predicted octanol–water partition coefficient (Wildman–Crippen LogP) is -3.74. The summed E-state index contributed by atoms with van der Waals surface area (Å²) in [5.74, 6) is -0.618. The molecule has 34 atom stereocenters. The molecule has 86 heavy (non-hydrogen) atoms. The molecule has 0 aromatic rings. The van der Waals surface area contributed by atoms with E-state index in [2.05, 4.69) is 40.7 Å². The minimum Gasteiger partial charge on any atom is -0.394 e. The minimum absolute atomic E-state index is 0.00685. The Hall–Kier alpha value is -1.34. The zero-order valence-electron chi connectivity index (χ0n) is 50.5. The van der Waals surface area contributed by atoms with Crippen molar-refractivity contribution in [3.05, 3.63) is 11.6 Å². The van der Waals surface area contributed by atoms with E-state index >= 15 is 0 Å². The molecule has 5 aliphatic heterocycles. The Balaban J connectivity index is 0.902. The first-order valence-corrected chi connectivity index (χ1v) is 30.8. The third-order valence-electron chi connectivity index (χ3n) is 22.6. The van der Waals surface area contributed by atoms with Crippen molar-refractivity contribution in [3.8, 4) is 0 Å². The molecule has 5 heterocycles. The Morgan fingerprint density at radius 2 is 0.965 bits per heavy atom. The highest BCUT2D eigenvalue weighted by atomic mass is 16.8. The van der Waals surface area contributed by atoms with E-state index in [1.54, 1.807) is 0 Å². The Morgan fingerprint density at radius 3 is 1.55 bits per heavy atom. The van der Waals surface area contributed by atoms with E-state index in [-0.39, 0.29) is 34.5 Å². The maximum Gasteiger partial charge on any atom is 0.189 e. The second-order valence-electron chi connectivity index (χ2n) is 28.1. The van der Waals surface area contributed by atoms with Crippen molar-refractivity contribution in [2.75, 3.05) is 33.0 Å². The quantitative estimate of drug-likeness (QED) is 0.0436. The molecule has 9 fully saturated rings. The molecule has 0 unspecified atom stereocenters. The van der Waals surface area contributed by atoms with Gasteiger partial charge in [-0.1, -0.05) is 46.3 Å². The van der Waals surface area contributed by atoms with Gasteiger partial charge < -0.3 is 134 Å². The molecule has 0 amide bonds. The molecule has 0 radical (unpaired) electrons. The second-order valence-corrected chi connectivity index (χ2v) is 28.1. The lowest BCUT2D eigenvalue weighted by molar-refractivity contribution is -0.378. The number of rotatable bonds is 19. The SMILES string of the molecule is CC(C)=CCC[C@](C)(O[C@@H]1O[C@H](CO[C@@H]2O[C@H](OC[C@@H]3O[C@@H](CO)[C@H](O)[C@H]3O)[C@@H](O)[C@H](O)[C@H]2O)[C@@H](O)[C@H](O)[C@H]1O)[C@H]1CC[C@]2(C)[C@@H]1[C@H](O)C[C@@H]1[C@@]3(C)CC[C@H](O[C@@H]4O[C@H](CO)[C@@H](O)[C@H](O)[C@H]4O[C@@H]4O[C@H](CO)[C@@H](O)[C@H](O)[C@H]4O)C(C)(C)[C@@H]3CC[C@]12C.